The van der Waals surface area contributed by atoms with Gasteiger partial charge < -0.3 is 30.3 Å². The molecule has 2 aromatic rings. The molecular weight excluding hydrogens is 420 g/mol. The van der Waals surface area contributed by atoms with E-state index in [1.54, 1.807) is 32.1 Å². The van der Waals surface area contributed by atoms with Crippen molar-refractivity contribution in [2.45, 2.75) is 33.2 Å². The number of amides is 2. The van der Waals surface area contributed by atoms with Crippen LogP contribution >= 0.6 is 0 Å². The third kappa shape index (κ3) is 5.12. The van der Waals surface area contributed by atoms with Crippen molar-refractivity contribution in [3.8, 4) is 11.5 Å². The lowest BCUT2D eigenvalue weighted by Crippen LogP contribution is -2.40. The second-order valence-electron chi connectivity index (χ2n) is 7.91. The number of methoxy groups -OCH3 is 2. The molecule has 0 aromatic heterocycles. The molecule has 2 amide bonds. The highest BCUT2D eigenvalue weighted by atomic mass is 16.5. The van der Waals surface area contributed by atoms with Crippen LogP contribution in [0.4, 0.5) is 17.1 Å². The number of nitrogens with zero attached hydrogens (tertiary/aromatic N) is 1. The summed E-state index contributed by atoms with van der Waals surface area (Å²) in [4.78, 5) is 26.7. The fraction of sp³-hybridized carbons (Fsp3) is 0.360. The lowest BCUT2D eigenvalue weighted by molar-refractivity contribution is -0.116. The van der Waals surface area contributed by atoms with Crippen molar-refractivity contribution in [1.29, 1.82) is 0 Å². The molecule has 1 atom stereocenters. The fourth-order valence-corrected chi connectivity index (χ4v) is 3.80. The number of likely N-dealkylation sites (N-methyl/N-ethyl adjacent to an activating group) is 1. The molecule has 0 saturated heterocycles. The Labute approximate surface area is 194 Å². The third-order valence-electron chi connectivity index (χ3n) is 5.73. The number of benzene rings is 2. The Hall–Kier alpha value is -3.52. The Morgan fingerprint density at radius 1 is 1.12 bits per heavy atom. The molecule has 8 nitrogen and oxygen atoms in total. The van der Waals surface area contributed by atoms with Gasteiger partial charge in [-0.2, -0.15) is 0 Å². The molecule has 0 bridgehead atoms. The largest absolute Gasteiger partial charge is 0.493 e. The van der Waals surface area contributed by atoms with Crippen molar-refractivity contribution in [3.05, 3.63) is 47.7 Å². The van der Waals surface area contributed by atoms with Crippen LogP contribution in [0.25, 0.3) is 5.57 Å². The lowest BCUT2D eigenvalue weighted by atomic mass is 10.0. The molecule has 3 N–H and O–H groups in total. The van der Waals surface area contributed by atoms with Crippen LogP contribution in [0.5, 0.6) is 11.5 Å². The summed E-state index contributed by atoms with van der Waals surface area (Å²) in [5, 5.41) is 9.46. The molecule has 176 valence electrons. The van der Waals surface area contributed by atoms with Crippen LogP contribution in [0.1, 0.15) is 32.8 Å². The van der Waals surface area contributed by atoms with Crippen LogP contribution in [0.15, 0.2) is 42.1 Å². The average molecular weight is 453 g/mol. The predicted octanol–water partition coefficient (Wildman–Crippen LogP) is 3.85. The maximum Gasteiger partial charge on any atom is 0.258 e. The molecule has 3 rings (SSSR count). The first-order chi connectivity index (χ1) is 15.8. The van der Waals surface area contributed by atoms with Gasteiger partial charge in [0.25, 0.3) is 5.91 Å². The number of carbonyl (C=O) groups is 2. The van der Waals surface area contributed by atoms with Gasteiger partial charge in [0.05, 0.1) is 25.5 Å². The molecule has 2 aromatic carbocycles. The van der Waals surface area contributed by atoms with E-state index in [0.717, 1.165) is 22.6 Å². The number of allylic oxidation sites excluding steroid dienone is 1. The summed E-state index contributed by atoms with van der Waals surface area (Å²) in [6, 6.07) is 11.4. The maximum absolute atomic E-state index is 12.8. The third-order valence-corrected chi connectivity index (χ3v) is 5.73. The Balaban J connectivity index is 1.91. The molecule has 0 saturated carbocycles. The minimum absolute atomic E-state index is 0.0159. The predicted molar refractivity (Wildman–Crippen MR) is 132 cm³/mol. The Kier molecular flexibility index (Phi) is 7.60. The summed E-state index contributed by atoms with van der Waals surface area (Å²) in [6.07, 6.45) is 0.623. The Morgan fingerprint density at radius 2 is 1.76 bits per heavy atom. The van der Waals surface area contributed by atoms with Crippen LogP contribution in [0.3, 0.4) is 0 Å². The first kappa shape index (κ1) is 24.1. The smallest absolute Gasteiger partial charge is 0.258 e. The molecular formula is C25H32N4O4. The van der Waals surface area contributed by atoms with E-state index in [4.69, 9.17) is 9.47 Å². The standard InChI is InChI=1S/C25H32N4O4/c1-7-20(24-19-12-22(32-5)23(33-6)13-21(19)28-25(24)31)27-17-8-10-18(11-9-17)29(16(3)30)14-15(2)26-4/h8-13,15,26-27H,7,14H2,1-6H3,(H,28,31)/b24-20+. The lowest BCUT2D eigenvalue weighted by Gasteiger charge is -2.25. The Bertz CT molecular complexity index is 1060. The molecule has 33 heavy (non-hydrogen) atoms. The van der Waals surface area contributed by atoms with Gasteiger partial charge in [-0.05, 0) is 50.7 Å². The highest BCUT2D eigenvalue weighted by Gasteiger charge is 2.29. The van der Waals surface area contributed by atoms with Gasteiger partial charge >= 0.3 is 0 Å². The van der Waals surface area contributed by atoms with E-state index in [-0.39, 0.29) is 17.9 Å². The van der Waals surface area contributed by atoms with Crippen LogP contribution in [-0.4, -0.2) is 45.7 Å². The van der Waals surface area contributed by atoms with Crippen LogP contribution in [0, 0.1) is 0 Å². The van der Waals surface area contributed by atoms with Gasteiger partial charge in [0, 0.05) is 48.2 Å². The summed E-state index contributed by atoms with van der Waals surface area (Å²) in [7, 11) is 5.01. The topological polar surface area (TPSA) is 91.9 Å². The number of rotatable bonds is 9. The number of carbonyl (C=O) groups excluding carboxylic acids is 2. The number of hydrogen-bond donors (Lipinski definition) is 3. The Morgan fingerprint density at radius 3 is 2.30 bits per heavy atom. The van der Waals surface area contributed by atoms with Crippen molar-refractivity contribution in [1.82, 2.24) is 5.32 Å². The highest BCUT2D eigenvalue weighted by molar-refractivity contribution is 6.32. The molecule has 0 aliphatic carbocycles. The maximum atomic E-state index is 12.8. The van der Waals surface area contributed by atoms with Gasteiger partial charge in [0.1, 0.15) is 0 Å². The van der Waals surface area contributed by atoms with Gasteiger partial charge in [0.15, 0.2) is 11.5 Å². The van der Waals surface area contributed by atoms with E-state index in [1.807, 2.05) is 51.2 Å². The summed E-state index contributed by atoms with van der Waals surface area (Å²) in [5.74, 6) is 0.926. The van der Waals surface area contributed by atoms with E-state index in [9.17, 15) is 9.59 Å². The summed E-state index contributed by atoms with van der Waals surface area (Å²) >= 11 is 0. The van der Waals surface area contributed by atoms with Gasteiger partial charge in [-0.3, -0.25) is 9.59 Å². The van der Waals surface area contributed by atoms with Gasteiger partial charge in [0.2, 0.25) is 5.91 Å². The van der Waals surface area contributed by atoms with Gasteiger partial charge in [-0.25, -0.2) is 0 Å². The van der Waals surface area contributed by atoms with Gasteiger partial charge in [-0.1, -0.05) is 6.92 Å². The van der Waals surface area contributed by atoms with Gasteiger partial charge in [-0.15, -0.1) is 0 Å². The molecule has 1 heterocycles. The van der Waals surface area contributed by atoms with E-state index < -0.39 is 0 Å². The molecule has 1 aliphatic rings. The van der Waals surface area contributed by atoms with E-state index in [0.29, 0.717) is 35.7 Å². The summed E-state index contributed by atoms with van der Waals surface area (Å²) < 4.78 is 10.8. The van der Waals surface area contributed by atoms with Crippen LogP contribution in [0.2, 0.25) is 0 Å². The quantitative estimate of drug-likeness (QED) is 0.501. The molecule has 1 aliphatic heterocycles. The average Bonchev–Trinajstić information content (AvgIpc) is 3.14. The normalized spacial score (nSPS) is 14.8. The minimum Gasteiger partial charge on any atom is -0.493 e. The molecule has 8 heteroatoms. The van der Waals surface area contributed by atoms with Crippen LogP contribution in [-0.2, 0) is 9.59 Å². The monoisotopic (exact) mass is 452 g/mol. The summed E-state index contributed by atoms with van der Waals surface area (Å²) in [5.41, 5.74) is 4.47. The first-order valence-electron chi connectivity index (χ1n) is 11.0. The molecule has 0 spiro atoms. The minimum atomic E-state index is -0.176. The number of hydrogen-bond acceptors (Lipinski definition) is 6. The number of fused-ring (bicyclic) bond motifs is 1. The second-order valence-corrected chi connectivity index (χ2v) is 7.91. The summed E-state index contributed by atoms with van der Waals surface area (Å²) in [6.45, 7) is 6.16. The van der Waals surface area contributed by atoms with Crippen molar-refractivity contribution in [2.24, 2.45) is 0 Å². The SMILES string of the molecule is CC/C(Nc1ccc(N(CC(C)NC)C(C)=O)cc1)=C1\C(=O)Nc2cc(OC)c(OC)cc21. The molecule has 1 unspecified atom stereocenters. The fourth-order valence-electron chi connectivity index (χ4n) is 3.80. The molecule has 0 radical (unpaired) electrons. The number of ether oxygens (including phenoxy) is 2. The van der Waals surface area contributed by atoms with Crippen molar-refractivity contribution in [2.75, 3.05) is 43.3 Å². The van der Waals surface area contributed by atoms with E-state index >= 15 is 0 Å². The first-order valence-corrected chi connectivity index (χ1v) is 11.0. The highest BCUT2D eigenvalue weighted by Crippen LogP contribution is 2.42. The zero-order valence-corrected chi connectivity index (χ0v) is 20.0. The zero-order valence-electron chi connectivity index (χ0n) is 20.0. The van der Waals surface area contributed by atoms with E-state index in [2.05, 4.69) is 16.0 Å². The van der Waals surface area contributed by atoms with Crippen LogP contribution < -0.4 is 30.3 Å². The van der Waals surface area contributed by atoms with Crippen molar-refractivity contribution >= 4 is 34.4 Å². The van der Waals surface area contributed by atoms with Crippen molar-refractivity contribution < 1.29 is 19.1 Å². The number of anilines is 3. The number of nitrogens with one attached hydrogen (secondary N) is 3. The van der Waals surface area contributed by atoms with Crippen molar-refractivity contribution in [3.63, 3.8) is 0 Å². The molecule has 0 fully saturated rings. The zero-order chi connectivity index (χ0) is 24.1. The van der Waals surface area contributed by atoms with E-state index in [1.165, 1.54) is 0 Å². The second kappa shape index (κ2) is 10.4.